The van der Waals surface area contributed by atoms with E-state index in [0.29, 0.717) is 35.4 Å². The van der Waals surface area contributed by atoms with Crippen molar-refractivity contribution in [3.05, 3.63) is 59.0 Å². The standard InChI is InChI=1S/C25H29N3O4S/c1-5-13-32-22-12-11-20(14-23(22)31-6-2)24(30)28-25-27-21(15-33-25)19-9-7-18(8-10-19)16(3)26-17(4)29/h7-12,14-16H,5-6,13H2,1-4H3,(H,26,29)(H,27,28,30). The lowest BCUT2D eigenvalue weighted by atomic mass is 10.1. The van der Waals surface area contributed by atoms with Crippen LogP contribution in [0.4, 0.5) is 5.13 Å². The van der Waals surface area contributed by atoms with Gasteiger partial charge in [-0.05, 0) is 44.0 Å². The van der Waals surface area contributed by atoms with E-state index < -0.39 is 0 Å². The number of amides is 2. The maximum Gasteiger partial charge on any atom is 0.257 e. The fourth-order valence-corrected chi connectivity index (χ4v) is 3.93. The molecular weight excluding hydrogens is 438 g/mol. The van der Waals surface area contributed by atoms with Crippen LogP contribution in [0, 0.1) is 0 Å². The molecule has 1 unspecified atom stereocenters. The number of benzene rings is 2. The number of hydrogen-bond donors (Lipinski definition) is 2. The summed E-state index contributed by atoms with van der Waals surface area (Å²) in [6.45, 7) is 8.42. The largest absolute Gasteiger partial charge is 0.490 e. The van der Waals surface area contributed by atoms with Gasteiger partial charge in [0.05, 0.1) is 24.9 Å². The third kappa shape index (κ3) is 6.55. The minimum absolute atomic E-state index is 0.0667. The summed E-state index contributed by atoms with van der Waals surface area (Å²) in [4.78, 5) is 28.6. The number of nitrogens with zero attached hydrogens (tertiary/aromatic N) is 1. The third-order valence-electron chi connectivity index (χ3n) is 4.82. The van der Waals surface area contributed by atoms with Crippen molar-refractivity contribution in [2.24, 2.45) is 0 Å². The third-order valence-corrected chi connectivity index (χ3v) is 5.58. The normalized spacial score (nSPS) is 11.5. The van der Waals surface area contributed by atoms with E-state index in [1.165, 1.54) is 18.3 Å². The van der Waals surface area contributed by atoms with E-state index in [2.05, 4.69) is 15.6 Å². The highest BCUT2D eigenvalue weighted by atomic mass is 32.1. The van der Waals surface area contributed by atoms with Crippen LogP contribution >= 0.6 is 11.3 Å². The van der Waals surface area contributed by atoms with Crippen molar-refractivity contribution in [2.75, 3.05) is 18.5 Å². The second-order valence-corrected chi connectivity index (χ2v) is 8.34. The van der Waals surface area contributed by atoms with Crippen molar-refractivity contribution >= 4 is 28.3 Å². The summed E-state index contributed by atoms with van der Waals surface area (Å²) < 4.78 is 11.3. The molecule has 0 saturated carbocycles. The zero-order chi connectivity index (χ0) is 23.8. The van der Waals surface area contributed by atoms with Gasteiger partial charge in [0.15, 0.2) is 16.6 Å². The number of anilines is 1. The fourth-order valence-electron chi connectivity index (χ4n) is 3.21. The van der Waals surface area contributed by atoms with Crippen LogP contribution in [0.1, 0.15) is 56.1 Å². The lowest BCUT2D eigenvalue weighted by Crippen LogP contribution is -2.23. The van der Waals surface area contributed by atoms with E-state index in [1.807, 2.05) is 50.4 Å². The van der Waals surface area contributed by atoms with Crippen LogP contribution in [0.15, 0.2) is 47.8 Å². The van der Waals surface area contributed by atoms with Gasteiger partial charge in [0.25, 0.3) is 5.91 Å². The van der Waals surface area contributed by atoms with E-state index in [9.17, 15) is 9.59 Å². The molecule has 0 bridgehead atoms. The van der Waals surface area contributed by atoms with Gasteiger partial charge in [-0.25, -0.2) is 4.98 Å². The second kappa shape index (κ2) is 11.5. The van der Waals surface area contributed by atoms with Gasteiger partial charge in [-0.3, -0.25) is 14.9 Å². The molecule has 0 saturated heterocycles. The van der Waals surface area contributed by atoms with Gasteiger partial charge in [-0.2, -0.15) is 0 Å². The highest BCUT2D eigenvalue weighted by molar-refractivity contribution is 7.14. The predicted molar refractivity (Wildman–Crippen MR) is 131 cm³/mol. The molecule has 0 aliphatic heterocycles. The molecule has 174 valence electrons. The molecule has 1 atom stereocenters. The molecule has 0 spiro atoms. The minimum Gasteiger partial charge on any atom is -0.490 e. The average molecular weight is 468 g/mol. The summed E-state index contributed by atoms with van der Waals surface area (Å²) in [5, 5.41) is 8.13. The first-order valence-corrected chi connectivity index (χ1v) is 11.8. The Bertz CT molecular complexity index is 1100. The predicted octanol–water partition coefficient (Wildman–Crippen LogP) is 5.45. The van der Waals surface area contributed by atoms with Crippen molar-refractivity contribution in [3.63, 3.8) is 0 Å². The number of carbonyl (C=O) groups excluding carboxylic acids is 2. The fraction of sp³-hybridized carbons (Fsp3) is 0.320. The Morgan fingerprint density at radius 2 is 1.82 bits per heavy atom. The Hall–Kier alpha value is -3.39. The van der Waals surface area contributed by atoms with Crippen molar-refractivity contribution in [1.82, 2.24) is 10.3 Å². The molecule has 2 amide bonds. The van der Waals surface area contributed by atoms with Gasteiger partial charge in [0, 0.05) is 23.4 Å². The molecule has 0 aliphatic rings. The number of rotatable bonds is 10. The highest BCUT2D eigenvalue weighted by Gasteiger charge is 2.14. The van der Waals surface area contributed by atoms with E-state index in [-0.39, 0.29) is 17.9 Å². The summed E-state index contributed by atoms with van der Waals surface area (Å²) in [6.07, 6.45) is 0.886. The number of hydrogen-bond acceptors (Lipinski definition) is 6. The van der Waals surface area contributed by atoms with Crippen LogP contribution < -0.4 is 20.1 Å². The lowest BCUT2D eigenvalue weighted by Gasteiger charge is -2.13. The lowest BCUT2D eigenvalue weighted by molar-refractivity contribution is -0.119. The number of ether oxygens (including phenoxy) is 2. The first kappa shape index (κ1) is 24.3. The molecule has 1 heterocycles. The van der Waals surface area contributed by atoms with Crippen LogP contribution in [0.5, 0.6) is 11.5 Å². The molecular formula is C25H29N3O4S. The number of thiazole rings is 1. The second-order valence-electron chi connectivity index (χ2n) is 7.48. The van der Waals surface area contributed by atoms with Crippen LogP contribution in [0.3, 0.4) is 0 Å². The molecule has 0 radical (unpaired) electrons. The zero-order valence-corrected chi connectivity index (χ0v) is 20.1. The van der Waals surface area contributed by atoms with Crippen LogP contribution in [0.25, 0.3) is 11.3 Å². The maximum absolute atomic E-state index is 12.8. The van der Waals surface area contributed by atoms with Gasteiger partial charge in [0.2, 0.25) is 5.91 Å². The van der Waals surface area contributed by atoms with E-state index in [1.54, 1.807) is 18.2 Å². The van der Waals surface area contributed by atoms with Gasteiger partial charge in [0.1, 0.15) is 0 Å². The monoisotopic (exact) mass is 467 g/mol. The Kier molecular flexibility index (Phi) is 8.43. The molecule has 0 aliphatic carbocycles. The quantitative estimate of drug-likeness (QED) is 0.414. The van der Waals surface area contributed by atoms with Crippen molar-refractivity contribution in [1.29, 1.82) is 0 Å². The molecule has 0 fully saturated rings. The number of carbonyl (C=O) groups is 2. The summed E-state index contributed by atoms with van der Waals surface area (Å²) in [5.74, 6) is 0.844. The van der Waals surface area contributed by atoms with Crippen molar-refractivity contribution in [3.8, 4) is 22.8 Å². The molecule has 7 nitrogen and oxygen atoms in total. The molecule has 2 N–H and O–H groups in total. The molecule has 2 aromatic carbocycles. The smallest absolute Gasteiger partial charge is 0.257 e. The van der Waals surface area contributed by atoms with E-state index in [4.69, 9.17) is 9.47 Å². The van der Waals surface area contributed by atoms with Gasteiger partial charge >= 0.3 is 0 Å². The Balaban J connectivity index is 1.69. The average Bonchev–Trinajstić information content (AvgIpc) is 3.26. The van der Waals surface area contributed by atoms with Gasteiger partial charge in [-0.1, -0.05) is 31.2 Å². The summed E-state index contributed by atoms with van der Waals surface area (Å²) in [7, 11) is 0. The molecule has 1 aromatic heterocycles. The molecule has 33 heavy (non-hydrogen) atoms. The topological polar surface area (TPSA) is 89.5 Å². The van der Waals surface area contributed by atoms with Crippen molar-refractivity contribution in [2.45, 2.75) is 40.2 Å². The zero-order valence-electron chi connectivity index (χ0n) is 19.3. The van der Waals surface area contributed by atoms with Crippen molar-refractivity contribution < 1.29 is 19.1 Å². The minimum atomic E-state index is -0.265. The summed E-state index contributed by atoms with van der Waals surface area (Å²) >= 11 is 1.36. The van der Waals surface area contributed by atoms with E-state index in [0.717, 1.165) is 23.2 Å². The molecule has 3 aromatic rings. The van der Waals surface area contributed by atoms with Gasteiger partial charge in [-0.15, -0.1) is 11.3 Å². The first-order valence-electron chi connectivity index (χ1n) is 10.9. The number of aromatic nitrogens is 1. The maximum atomic E-state index is 12.8. The SMILES string of the molecule is CCCOc1ccc(C(=O)Nc2nc(-c3ccc(C(C)NC(C)=O)cc3)cs2)cc1OCC. The van der Waals surface area contributed by atoms with E-state index >= 15 is 0 Å². The first-order chi connectivity index (χ1) is 15.9. The van der Waals surface area contributed by atoms with Gasteiger partial charge < -0.3 is 14.8 Å². The number of nitrogens with one attached hydrogen (secondary N) is 2. The summed E-state index contributed by atoms with van der Waals surface area (Å²) in [6, 6.07) is 12.9. The van der Waals surface area contributed by atoms with Crippen LogP contribution in [-0.4, -0.2) is 30.0 Å². The Labute approximate surface area is 198 Å². The van der Waals surface area contributed by atoms with Crippen LogP contribution in [-0.2, 0) is 4.79 Å². The highest BCUT2D eigenvalue weighted by Crippen LogP contribution is 2.30. The van der Waals surface area contributed by atoms with Crippen LogP contribution in [0.2, 0.25) is 0 Å². The Morgan fingerprint density at radius 1 is 1.06 bits per heavy atom. The Morgan fingerprint density at radius 3 is 2.48 bits per heavy atom. The molecule has 3 rings (SSSR count). The summed E-state index contributed by atoms with van der Waals surface area (Å²) in [5.41, 5.74) is 3.18. The molecule has 8 heteroatoms.